The van der Waals surface area contributed by atoms with Gasteiger partial charge in [0.15, 0.2) is 0 Å². The van der Waals surface area contributed by atoms with Gasteiger partial charge < -0.3 is 14.8 Å². The van der Waals surface area contributed by atoms with Crippen LogP contribution < -0.4 is 5.32 Å². The number of esters is 1. The van der Waals surface area contributed by atoms with Gasteiger partial charge in [-0.3, -0.25) is 9.59 Å². The van der Waals surface area contributed by atoms with E-state index in [1.807, 2.05) is 0 Å². The highest BCUT2D eigenvalue weighted by molar-refractivity contribution is 5.98. The molecular formula is C13H18N2O6. The Morgan fingerprint density at radius 1 is 1.29 bits per heavy atom. The summed E-state index contributed by atoms with van der Waals surface area (Å²) in [7, 11) is 0. The van der Waals surface area contributed by atoms with Crippen LogP contribution in [0.15, 0.2) is 0 Å². The molecule has 1 N–H and O–H groups in total. The minimum Gasteiger partial charge on any atom is -0.462 e. The van der Waals surface area contributed by atoms with E-state index in [4.69, 9.17) is 9.47 Å². The number of rotatable bonds is 3. The zero-order chi connectivity index (χ0) is 15.8. The molecular weight excluding hydrogens is 280 g/mol. The third kappa shape index (κ3) is 3.50. The SMILES string of the molecule is CC(C)(C)OC(=O)N1C(=O)C[C@@H]1COC(=O)[C@H]1CC(=O)N1. The maximum absolute atomic E-state index is 11.8. The van der Waals surface area contributed by atoms with Crippen LogP contribution in [-0.2, 0) is 23.9 Å². The molecule has 0 aromatic carbocycles. The Bertz CT molecular complexity index is 487. The summed E-state index contributed by atoms with van der Waals surface area (Å²) in [5.74, 6) is -1.12. The van der Waals surface area contributed by atoms with Gasteiger partial charge in [0.25, 0.3) is 0 Å². The summed E-state index contributed by atoms with van der Waals surface area (Å²) in [5.41, 5.74) is -0.704. The molecule has 0 unspecified atom stereocenters. The molecule has 0 spiro atoms. The number of imide groups is 1. The van der Waals surface area contributed by atoms with Gasteiger partial charge in [-0.05, 0) is 20.8 Å². The first-order valence-corrected chi connectivity index (χ1v) is 6.68. The highest BCUT2D eigenvalue weighted by Crippen LogP contribution is 2.23. The Labute approximate surface area is 121 Å². The van der Waals surface area contributed by atoms with Crippen LogP contribution in [0.2, 0.25) is 0 Å². The Morgan fingerprint density at radius 3 is 2.38 bits per heavy atom. The normalized spacial score (nSPS) is 24.6. The lowest BCUT2D eigenvalue weighted by molar-refractivity contribution is -0.160. The number of amides is 3. The van der Waals surface area contributed by atoms with E-state index in [1.165, 1.54) is 0 Å². The molecule has 8 heteroatoms. The maximum Gasteiger partial charge on any atom is 0.417 e. The number of carbonyl (C=O) groups excluding carboxylic acids is 4. The van der Waals surface area contributed by atoms with Crippen molar-refractivity contribution in [2.75, 3.05) is 6.61 Å². The van der Waals surface area contributed by atoms with E-state index in [0.717, 1.165) is 4.90 Å². The van der Waals surface area contributed by atoms with Crippen LogP contribution >= 0.6 is 0 Å². The van der Waals surface area contributed by atoms with Gasteiger partial charge in [-0.25, -0.2) is 14.5 Å². The quantitative estimate of drug-likeness (QED) is 0.579. The predicted octanol–water partition coefficient (Wildman–Crippen LogP) is -0.0459. The van der Waals surface area contributed by atoms with Gasteiger partial charge in [-0.1, -0.05) is 0 Å². The molecule has 3 amide bonds. The summed E-state index contributed by atoms with van der Waals surface area (Å²) < 4.78 is 10.1. The Balaban J connectivity index is 1.81. The molecule has 2 rings (SSSR count). The Morgan fingerprint density at radius 2 is 1.90 bits per heavy atom. The summed E-state index contributed by atoms with van der Waals surface area (Å²) in [6.45, 7) is 5.01. The van der Waals surface area contributed by atoms with Gasteiger partial charge in [0.1, 0.15) is 18.2 Å². The molecule has 8 nitrogen and oxygen atoms in total. The molecule has 2 aliphatic heterocycles. The van der Waals surface area contributed by atoms with Crippen LogP contribution in [0.5, 0.6) is 0 Å². The van der Waals surface area contributed by atoms with Crippen molar-refractivity contribution in [3.05, 3.63) is 0 Å². The second-order valence-electron chi connectivity index (χ2n) is 6.06. The number of hydrogen-bond donors (Lipinski definition) is 1. The van der Waals surface area contributed by atoms with Crippen LogP contribution in [0, 0.1) is 0 Å². The average Bonchev–Trinajstić information content (AvgIpc) is 2.26. The summed E-state index contributed by atoms with van der Waals surface area (Å²) in [6.07, 6.45) is -0.501. The Hall–Kier alpha value is -2.12. The van der Waals surface area contributed by atoms with Crippen molar-refractivity contribution >= 4 is 23.9 Å². The largest absolute Gasteiger partial charge is 0.462 e. The third-order valence-corrected chi connectivity index (χ3v) is 3.06. The van der Waals surface area contributed by atoms with Crippen LogP contribution in [-0.4, -0.2) is 53.1 Å². The molecule has 0 aliphatic carbocycles. The fraction of sp³-hybridized carbons (Fsp3) is 0.692. The van der Waals surface area contributed by atoms with Crippen LogP contribution in [0.3, 0.4) is 0 Å². The lowest BCUT2D eigenvalue weighted by atomic mass is 10.0. The van der Waals surface area contributed by atoms with Crippen molar-refractivity contribution in [2.45, 2.75) is 51.3 Å². The highest BCUT2D eigenvalue weighted by atomic mass is 16.6. The van der Waals surface area contributed by atoms with Crippen molar-refractivity contribution in [1.29, 1.82) is 0 Å². The summed E-state index contributed by atoms with van der Waals surface area (Å²) in [4.78, 5) is 46.5. The molecule has 2 heterocycles. The second kappa shape index (κ2) is 5.34. The molecule has 0 bridgehead atoms. The van der Waals surface area contributed by atoms with Crippen molar-refractivity contribution in [3.63, 3.8) is 0 Å². The van der Waals surface area contributed by atoms with Crippen molar-refractivity contribution in [1.82, 2.24) is 10.2 Å². The topological polar surface area (TPSA) is 102 Å². The fourth-order valence-electron chi connectivity index (χ4n) is 1.96. The zero-order valence-corrected chi connectivity index (χ0v) is 12.2. The van der Waals surface area contributed by atoms with Gasteiger partial charge in [0.05, 0.1) is 18.9 Å². The number of likely N-dealkylation sites (tertiary alicyclic amines) is 1. The van der Waals surface area contributed by atoms with E-state index in [2.05, 4.69) is 5.32 Å². The monoisotopic (exact) mass is 298 g/mol. The lowest BCUT2D eigenvalue weighted by Gasteiger charge is -2.38. The molecule has 0 saturated carbocycles. The molecule has 2 aliphatic rings. The molecule has 0 aromatic rings. The van der Waals surface area contributed by atoms with Crippen LogP contribution in [0.1, 0.15) is 33.6 Å². The first-order chi connectivity index (χ1) is 9.67. The van der Waals surface area contributed by atoms with Crippen molar-refractivity contribution < 1.29 is 28.7 Å². The summed E-state index contributed by atoms with van der Waals surface area (Å²) in [5, 5.41) is 2.39. The van der Waals surface area contributed by atoms with E-state index in [9.17, 15) is 19.2 Å². The number of carbonyl (C=O) groups is 4. The fourth-order valence-corrected chi connectivity index (χ4v) is 1.96. The molecule has 116 valence electrons. The summed E-state index contributed by atoms with van der Waals surface area (Å²) in [6, 6.07) is -1.13. The number of nitrogens with one attached hydrogen (secondary N) is 1. The van der Waals surface area contributed by atoms with Gasteiger partial charge in [0.2, 0.25) is 11.8 Å². The summed E-state index contributed by atoms with van der Waals surface area (Å²) >= 11 is 0. The van der Waals surface area contributed by atoms with Crippen molar-refractivity contribution in [2.24, 2.45) is 0 Å². The average molecular weight is 298 g/mol. The van der Waals surface area contributed by atoms with E-state index < -0.39 is 29.7 Å². The number of hydrogen-bond acceptors (Lipinski definition) is 6. The van der Waals surface area contributed by atoms with E-state index >= 15 is 0 Å². The number of ether oxygens (including phenoxy) is 2. The first kappa shape index (κ1) is 15.3. The number of β-lactam (4-membered cyclic amide) rings is 2. The minimum atomic E-state index is -0.739. The molecule has 21 heavy (non-hydrogen) atoms. The van der Waals surface area contributed by atoms with E-state index in [1.54, 1.807) is 20.8 Å². The van der Waals surface area contributed by atoms with Crippen LogP contribution in [0.4, 0.5) is 4.79 Å². The number of nitrogens with zero attached hydrogens (tertiary/aromatic N) is 1. The Kier molecular flexibility index (Phi) is 3.89. The van der Waals surface area contributed by atoms with Crippen molar-refractivity contribution in [3.8, 4) is 0 Å². The van der Waals surface area contributed by atoms with Gasteiger partial charge >= 0.3 is 12.1 Å². The predicted molar refractivity (Wildman–Crippen MR) is 69.0 cm³/mol. The minimum absolute atomic E-state index is 0.0871. The molecule has 2 atom stereocenters. The van der Waals surface area contributed by atoms with Gasteiger partial charge in [0, 0.05) is 0 Å². The molecule has 2 fully saturated rings. The van der Waals surface area contributed by atoms with Gasteiger partial charge in [-0.2, -0.15) is 0 Å². The van der Waals surface area contributed by atoms with Crippen LogP contribution in [0.25, 0.3) is 0 Å². The molecule has 0 aromatic heterocycles. The maximum atomic E-state index is 11.8. The second-order valence-corrected chi connectivity index (χ2v) is 6.06. The lowest BCUT2D eigenvalue weighted by Crippen LogP contribution is -2.59. The zero-order valence-electron chi connectivity index (χ0n) is 12.2. The molecule has 0 radical (unpaired) electrons. The van der Waals surface area contributed by atoms with E-state index in [-0.39, 0.29) is 31.3 Å². The smallest absolute Gasteiger partial charge is 0.417 e. The first-order valence-electron chi connectivity index (χ1n) is 6.68. The molecule has 2 saturated heterocycles. The third-order valence-electron chi connectivity index (χ3n) is 3.06. The highest BCUT2D eigenvalue weighted by Gasteiger charge is 2.44. The van der Waals surface area contributed by atoms with E-state index in [0.29, 0.717) is 0 Å². The standard InChI is InChI=1S/C13H18N2O6/c1-13(2,3)21-12(19)15-7(4-10(15)17)6-20-11(18)8-5-9(16)14-8/h7-8H,4-6H2,1-3H3,(H,14,16)/t7-,8-/m1/s1. The van der Waals surface area contributed by atoms with Gasteiger partial charge in [-0.15, -0.1) is 0 Å².